The van der Waals surface area contributed by atoms with Crippen molar-refractivity contribution in [3.63, 3.8) is 0 Å². The number of thiophene rings is 1. The van der Waals surface area contributed by atoms with Gasteiger partial charge >= 0.3 is 0 Å². The zero-order valence-electron chi connectivity index (χ0n) is 19.0. The lowest BCUT2D eigenvalue weighted by atomic mass is 9.99. The predicted molar refractivity (Wildman–Crippen MR) is 124 cm³/mol. The number of hydrogen-bond donors (Lipinski definition) is 1. The second-order valence-corrected chi connectivity index (χ2v) is 9.05. The molecule has 0 spiro atoms. The van der Waals surface area contributed by atoms with Gasteiger partial charge in [-0.1, -0.05) is 0 Å². The van der Waals surface area contributed by atoms with Gasteiger partial charge in [0.1, 0.15) is 0 Å². The minimum absolute atomic E-state index is 0.0318. The van der Waals surface area contributed by atoms with Crippen LogP contribution in [0.1, 0.15) is 46.4 Å². The number of nitrogens with one attached hydrogen (secondary N) is 1. The lowest BCUT2D eigenvalue weighted by Crippen LogP contribution is -2.46. The first-order valence-corrected chi connectivity index (χ1v) is 11.8. The van der Waals surface area contributed by atoms with Gasteiger partial charge in [0.2, 0.25) is 11.8 Å². The molecule has 32 heavy (non-hydrogen) atoms. The van der Waals surface area contributed by atoms with E-state index in [0.29, 0.717) is 37.4 Å². The summed E-state index contributed by atoms with van der Waals surface area (Å²) in [6.07, 6.45) is 2.62. The first-order chi connectivity index (χ1) is 15.4. The molecule has 0 aliphatic carbocycles. The SMILES string of the molecule is COc1nn(C)c2nc(C)c(CCC(=O)N3CCC(NC(=O)c4ccsc4)CC3)c(C)c12. The molecule has 0 saturated carbocycles. The van der Waals surface area contributed by atoms with Crippen LogP contribution in [0.2, 0.25) is 0 Å². The monoisotopic (exact) mass is 455 g/mol. The molecule has 9 heteroatoms. The highest BCUT2D eigenvalue weighted by Crippen LogP contribution is 2.30. The van der Waals surface area contributed by atoms with Crippen molar-refractivity contribution in [1.82, 2.24) is 25.0 Å². The summed E-state index contributed by atoms with van der Waals surface area (Å²) in [6.45, 7) is 5.36. The Morgan fingerprint density at radius 1 is 1.28 bits per heavy atom. The first-order valence-electron chi connectivity index (χ1n) is 10.9. The number of nitrogens with zero attached hydrogens (tertiary/aromatic N) is 4. The van der Waals surface area contributed by atoms with Crippen LogP contribution in [0.5, 0.6) is 5.88 Å². The van der Waals surface area contributed by atoms with E-state index in [4.69, 9.17) is 9.72 Å². The molecule has 0 unspecified atom stereocenters. The van der Waals surface area contributed by atoms with Crippen LogP contribution in [0.25, 0.3) is 11.0 Å². The number of aryl methyl sites for hydroxylation is 3. The van der Waals surface area contributed by atoms with Crippen molar-refractivity contribution in [2.75, 3.05) is 20.2 Å². The molecular weight excluding hydrogens is 426 g/mol. The number of fused-ring (bicyclic) bond motifs is 1. The van der Waals surface area contributed by atoms with E-state index in [9.17, 15) is 9.59 Å². The summed E-state index contributed by atoms with van der Waals surface area (Å²) in [6, 6.07) is 1.94. The number of likely N-dealkylation sites (tertiary alicyclic amines) is 1. The normalized spacial score (nSPS) is 14.7. The molecule has 1 fully saturated rings. The minimum atomic E-state index is -0.0318. The summed E-state index contributed by atoms with van der Waals surface area (Å²) in [5.74, 6) is 0.673. The Morgan fingerprint density at radius 3 is 2.69 bits per heavy atom. The van der Waals surface area contributed by atoms with Crippen LogP contribution < -0.4 is 10.1 Å². The number of rotatable bonds is 6. The van der Waals surface area contributed by atoms with Gasteiger partial charge in [-0.2, -0.15) is 11.3 Å². The molecule has 1 aliphatic heterocycles. The van der Waals surface area contributed by atoms with Crippen LogP contribution in [0.4, 0.5) is 0 Å². The average Bonchev–Trinajstić information content (AvgIpc) is 3.42. The second-order valence-electron chi connectivity index (χ2n) is 8.27. The van der Waals surface area contributed by atoms with E-state index in [-0.39, 0.29) is 17.9 Å². The first kappa shape index (κ1) is 22.3. The molecule has 0 bridgehead atoms. The Kier molecular flexibility index (Phi) is 6.45. The number of carbonyl (C=O) groups excluding carboxylic acids is 2. The summed E-state index contributed by atoms with van der Waals surface area (Å²) >= 11 is 1.51. The van der Waals surface area contributed by atoms with Gasteiger partial charge in [-0.15, -0.1) is 5.10 Å². The number of methoxy groups -OCH3 is 1. The fourth-order valence-electron chi connectivity index (χ4n) is 4.43. The maximum atomic E-state index is 12.9. The second kappa shape index (κ2) is 9.28. The van der Waals surface area contributed by atoms with Gasteiger partial charge in [0.15, 0.2) is 5.65 Å². The maximum absolute atomic E-state index is 12.9. The molecule has 4 rings (SSSR count). The molecule has 170 valence electrons. The van der Waals surface area contributed by atoms with Crippen molar-refractivity contribution in [3.8, 4) is 5.88 Å². The van der Waals surface area contributed by atoms with Crippen LogP contribution in [0.3, 0.4) is 0 Å². The smallest absolute Gasteiger partial charge is 0.252 e. The van der Waals surface area contributed by atoms with Gasteiger partial charge in [-0.3, -0.25) is 9.59 Å². The maximum Gasteiger partial charge on any atom is 0.252 e. The molecule has 0 atom stereocenters. The van der Waals surface area contributed by atoms with E-state index in [1.807, 2.05) is 42.6 Å². The van der Waals surface area contributed by atoms with Crippen molar-refractivity contribution < 1.29 is 14.3 Å². The lowest BCUT2D eigenvalue weighted by Gasteiger charge is -2.32. The van der Waals surface area contributed by atoms with Crippen molar-refractivity contribution in [1.29, 1.82) is 0 Å². The number of carbonyl (C=O) groups is 2. The van der Waals surface area contributed by atoms with E-state index in [2.05, 4.69) is 10.4 Å². The van der Waals surface area contributed by atoms with Gasteiger partial charge in [-0.25, -0.2) is 9.67 Å². The van der Waals surface area contributed by atoms with Crippen molar-refractivity contribution in [2.45, 2.75) is 45.6 Å². The molecule has 2 amide bonds. The Bertz CT molecular complexity index is 1130. The van der Waals surface area contributed by atoms with Crippen LogP contribution in [0, 0.1) is 13.8 Å². The summed E-state index contributed by atoms with van der Waals surface area (Å²) < 4.78 is 7.16. The number of ether oxygens (including phenoxy) is 1. The van der Waals surface area contributed by atoms with Crippen molar-refractivity contribution >= 4 is 34.2 Å². The molecule has 0 radical (unpaired) electrons. The Hall–Kier alpha value is -2.94. The number of aromatic nitrogens is 3. The largest absolute Gasteiger partial charge is 0.479 e. The highest BCUT2D eigenvalue weighted by molar-refractivity contribution is 7.08. The molecule has 1 N–H and O–H groups in total. The molecular formula is C23H29N5O3S. The van der Waals surface area contributed by atoms with E-state index < -0.39 is 0 Å². The third-order valence-electron chi connectivity index (χ3n) is 6.27. The number of piperidine rings is 1. The number of hydrogen-bond acceptors (Lipinski definition) is 6. The summed E-state index contributed by atoms with van der Waals surface area (Å²) in [5.41, 5.74) is 4.56. The Morgan fingerprint density at radius 2 is 2.03 bits per heavy atom. The molecule has 1 aliphatic rings. The zero-order chi connectivity index (χ0) is 22.8. The lowest BCUT2D eigenvalue weighted by molar-refractivity contribution is -0.132. The molecule has 0 aromatic carbocycles. The highest BCUT2D eigenvalue weighted by atomic mass is 32.1. The Balaban J connectivity index is 1.35. The fourth-order valence-corrected chi connectivity index (χ4v) is 5.07. The summed E-state index contributed by atoms with van der Waals surface area (Å²) in [4.78, 5) is 31.7. The van der Waals surface area contributed by atoms with E-state index in [1.54, 1.807) is 11.8 Å². The highest BCUT2D eigenvalue weighted by Gasteiger charge is 2.25. The third-order valence-corrected chi connectivity index (χ3v) is 6.95. The van der Waals surface area contributed by atoms with Gasteiger partial charge in [0, 0.05) is 49.2 Å². The topological polar surface area (TPSA) is 89.3 Å². The molecule has 8 nitrogen and oxygen atoms in total. The standard InChI is InChI=1S/C23H29N5O3S/c1-14-18(15(2)24-21-20(14)23(31-4)26-27(21)3)5-6-19(29)28-10-7-17(8-11-28)25-22(30)16-9-12-32-13-16/h9,12-13,17H,5-8,10-11H2,1-4H3,(H,25,30). The van der Waals surface area contributed by atoms with Crippen LogP contribution in [-0.2, 0) is 18.3 Å². The predicted octanol–water partition coefficient (Wildman–Crippen LogP) is 3.01. The van der Waals surface area contributed by atoms with Gasteiger partial charge in [-0.05, 0) is 55.7 Å². The van der Waals surface area contributed by atoms with Gasteiger partial charge < -0.3 is 15.0 Å². The molecule has 3 aromatic rings. The van der Waals surface area contributed by atoms with Crippen LogP contribution in [0.15, 0.2) is 16.8 Å². The third kappa shape index (κ3) is 4.34. The molecule has 3 aromatic heterocycles. The van der Waals surface area contributed by atoms with E-state index >= 15 is 0 Å². The Labute approximate surface area is 191 Å². The molecule has 1 saturated heterocycles. The summed E-state index contributed by atoms with van der Waals surface area (Å²) in [7, 11) is 3.46. The number of amides is 2. The molecule has 4 heterocycles. The zero-order valence-corrected chi connectivity index (χ0v) is 19.8. The summed E-state index contributed by atoms with van der Waals surface area (Å²) in [5, 5.41) is 12.1. The van der Waals surface area contributed by atoms with Crippen LogP contribution >= 0.6 is 11.3 Å². The quantitative estimate of drug-likeness (QED) is 0.617. The van der Waals surface area contributed by atoms with Gasteiger partial charge in [0.05, 0.1) is 12.5 Å². The van der Waals surface area contributed by atoms with Crippen LogP contribution in [-0.4, -0.2) is 57.7 Å². The van der Waals surface area contributed by atoms with Crippen molar-refractivity contribution in [3.05, 3.63) is 39.2 Å². The minimum Gasteiger partial charge on any atom is -0.479 e. The van der Waals surface area contributed by atoms with E-state index in [1.165, 1.54) is 11.3 Å². The van der Waals surface area contributed by atoms with Crippen molar-refractivity contribution in [2.24, 2.45) is 7.05 Å². The fraction of sp³-hybridized carbons (Fsp3) is 0.478. The number of pyridine rings is 1. The van der Waals surface area contributed by atoms with E-state index in [0.717, 1.165) is 40.7 Å². The van der Waals surface area contributed by atoms with Gasteiger partial charge in [0.25, 0.3) is 5.91 Å². The average molecular weight is 456 g/mol.